The van der Waals surface area contributed by atoms with Gasteiger partial charge in [0.05, 0.1) is 10.7 Å². The number of nitrogens with one attached hydrogen (secondary N) is 1. The fourth-order valence-corrected chi connectivity index (χ4v) is 2.25. The maximum Gasteiger partial charge on any atom is 0.263 e. The molecule has 0 aliphatic rings. The second-order valence-corrected chi connectivity index (χ2v) is 5.18. The topological polar surface area (TPSA) is 62.2 Å². The highest BCUT2D eigenvalue weighted by molar-refractivity contribution is 7.13. The number of nitrogens with zero attached hydrogens (tertiary/aromatic N) is 1. The van der Waals surface area contributed by atoms with Crippen molar-refractivity contribution in [2.24, 2.45) is 5.92 Å². The molecule has 0 radical (unpaired) electrons. The van der Waals surface area contributed by atoms with Crippen molar-refractivity contribution in [3.63, 3.8) is 0 Å². The Hall–Kier alpha value is -0.940. The monoisotopic (exact) mass is 242 g/mol. The van der Waals surface area contributed by atoms with Crippen molar-refractivity contribution >= 4 is 17.2 Å². The third kappa shape index (κ3) is 3.57. The number of aromatic nitrogens is 1. The molecule has 90 valence electrons. The van der Waals surface area contributed by atoms with Gasteiger partial charge in [-0.3, -0.25) is 4.79 Å². The minimum atomic E-state index is -0.0621. The van der Waals surface area contributed by atoms with Crippen molar-refractivity contribution < 1.29 is 9.90 Å². The van der Waals surface area contributed by atoms with Gasteiger partial charge in [-0.2, -0.15) is 0 Å². The lowest BCUT2D eigenvalue weighted by molar-refractivity contribution is 0.0948. The molecule has 0 spiro atoms. The molecule has 1 rings (SSSR count). The summed E-state index contributed by atoms with van der Waals surface area (Å²) in [6.07, 6.45) is 0.709. The van der Waals surface area contributed by atoms with E-state index in [0.29, 0.717) is 23.8 Å². The number of aryl methyl sites for hydroxylation is 2. The molecule has 0 bridgehead atoms. The van der Waals surface area contributed by atoms with E-state index in [9.17, 15) is 4.79 Å². The quantitative estimate of drug-likeness (QED) is 0.822. The molecule has 0 aromatic carbocycles. The maximum atomic E-state index is 11.8. The Bertz CT molecular complexity index is 363. The van der Waals surface area contributed by atoms with Crippen LogP contribution >= 0.6 is 11.3 Å². The molecular formula is C11H18N2O2S. The van der Waals surface area contributed by atoms with Gasteiger partial charge in [0.2, 0.25) is 0 Å². The van der Waals surface area contributed by atoms with Crippen molar-refractivity contribution in [3.8, 4) is 0 Å². The van der Waals surface area contributed by atoms with Crippen LogP contribution in [0, 0.1) is 19.8 Å². The molecular weight excluding hydrogens is 224 g/mol. The highest BCUT2D eigenvalue weighted by Crippen LogP contribution is 2.16. The van der Waals surface area contributed by atoms with Crippen molar-refractivity contribution in [1.29, 1.82) is 0 Å². The van der Waals surface area contributed by atoms with E-state index in [2.05, 4.69) is 10.3 Å². The Balaban J connectivity index is 2.50. The lowest BCUT2D eigenvalue weighted by Gasteiger charge is -2.10. The second-order valence-electron chi connectivity index (χ2n) is 3.97. The lowest BCUT2D eigenvalue weighted by Crippen LogP contribution is -2.28. The zero-order valence-electron chi connectivity index (χ0n) is 9.91. The smallest absolute Gasteiger partial charge is 0.263 e. The first-order valence-corrected chi connectivity index (χ1v) is 6.19. The van der Waals surface area contributed by atoms with Gasteiger partial charge in [0.1, 0.15) is 4.88 Å². The lowest BCUT2D eigenvalue weighted by atomic mass is 10.1. The summed E-state index contributed by atoms with van der Waals surface area (Å²) < 4.78 is 0. The number of aliphatic hydroxyl groups excluding tert-OH is 1. The SMILES string of the molecule is Cc1nc(C)c(C(=O)NCC(C)CCO)s1. The van der Waals surface area contributed by atoms with Crippen molar-refractivity contribution in [2.45, 2.75) is 27.2 Å². The van der Waals surface area contributed by atoms with Gasteiger partial charge in [0.25, 0.3) is 5.91 Å². The summed E-state index contributed by atoms with van der Waals surface area (Å²) in [5.41, 5.74) is 0.787. The molecule has 0 aliphatic heterocycles. The molecule has 1 aromatic heterocycles. The molecule has 1 aromatic rings. The van der Waals surface area contributed by atoms with Crippen LogP contribution in [0.3, 0.4) is 0 Å². The number of aliphatic hydroxyl groups is 1. The number of hydrogen-bond donors (Lipinski definition) is 2. The zero-order chi connectivity index (χ0) is 12.1. The van der Waals surface area contributed by atoms with E-state index in [1.54, 1.807) is 0 Å². The van der Waals surface area contributed by atoms with Crippen molar-refractivity contribution in [3.05, 3.63) is 15.6 Å². The van der Waals surface area contributed by atoms with Gasteiger partial charge in [-0.15, -0.1) is 11.3 Å². The molecule has 0 fully saturated rings. The summed E-state index contributed by atoms with van der Waals surface area (Å²) in [6, 6.07) is 0. The Kier molecular flexibility index (Phi) is 4.89. The number of amides is 1. The van der Waals surface area contributed by atoms with Crippen LogP contribution in [0.2, 0.25) is 0 Å². The number of thiazole rings is 1. The number of carbonyl (C=O) groups excluding carboxylic acids is 1. The van der Waals surface area contributed by atoms with Crippen LogP contribution < -0.4 is 5.32 Å². The number of hydrogen-bond acceptors (Lipinski definition) is 4. The summed E-state index contributed by atoms with van der Waals surface area (Å²) in [5.74, 6) is 0.233. The fourth-order valence-electron chi connectivity index (χ4n) is 1.41. The van der Waals surface area contributed by atoms with Gasteiger partial charge in [-0.25, -0.2) is 4.98 Å². The van der Waals surface area contributed by atoms with E-state index in [0.717, 1.165) is 10.7 Å². The number of carbonyl (C=O) groups is 1. The predicted octanol–water partition coefficient (Wildman–Crippen LogP) is 1.51. The number of rotatable bonds is 5. The van der Waals surface area contributed by atoms with Crippen LogP contribution in [-0.4, -0.2) is 29.1 Å². The molecule has 1 amide bonds. The van der Waals surface area contributed by atoms with E-state index in [-0.39, 0.29) is 12.5 Å². The van der Waals surface area contributed by atoms with Gasteiger partial charge in [0, 0.05) is 13.2 Å². The minimum absolute atomic E-state index is 0.0621. The highest BCUT2D eigenvalue weighted by Gasteiger charge is 2.13. The zero-order valence-corrected chi connectivity index (χ0v) is 10.7. The first-order valence-electron chi connectivity index (χ1n) is 5.37. The largest absolute Gasteiger partial charge is 0.396 e. The van der Waals surface area contributed by atoms with Crippen LogP contribution in [0.4, 0.5) is 0 Å². The summed E-state index contributed by atoms with van der Waals surface area (Å²) in [5, 5.41) is 12.5. The van der Waals surface area contributed by atoms with Crippen molar-refractivity contribution in [1.82, 2.24) is 10.3 Å². The molecule has 2 N–H and O–H groups in total. The average Bonchev–Trinajstić information content (AvgIpc) is 2.55. The van der Waals surface area contributed by atoms with E-state index in [4.69, 9.17) is 5.11 Å². The van der Waals surface area contributed by atoms with Gasteiger partial charge in [0.15, 0.2) is 0 Å². The molecule has 4 nitrogen and oxygen atoms in total. The molecule has 5 heteroatoms. The van der Waals surface area contributed by atoms with Gasteiger partial charge < -0.3 is 10.4 Å². The van der Waals surface area contributed by atoms with Crippen LogP contribution in [0.15, 0.2) is 0 Å². The highest BCUT2D eigenvalue weighted by atomic mass is 32.1. The molecule has 0 saturated heterocycles. The standard InChI is InChI=1S/C11H18N2O2S/c1-7(4-5-14)6-12-11(15)10-8(2)13-9(3)16-10/h7,14H,4-6H2,1-3H3,(H,12,15). The summed E-state index contributed by atoms with van der Waals surface area (Å²) in [4.78, 5) is 16.7. The molecule has 16 heavy (non-hydrogen) atoms. The molecule has 0 aliphatic carbocycles. The Morgan fingerprint density at radius 3 is 2.75 bits per heavy atom. The minimum Gasteiger partial charge on any atom is -0.396 e. The molecule has 1 atom stereocenters. The first kappa shape index (κ1) is 13.1. The molecule has 0 saturated carbocycles. The normalized spacial score (nSPS) is 12.5. The fraction of sp³-hybridized carbons (Fsp3) is 0.636. The van der Waals surface area contributed by atoms with Gasteiger partial charge >= 0.3 is 0 Å². The second kappa shape index (κ2) is 5.96. The van der Waals surface area contributed by atoms with E-state index in [1.807, 2.05) is 20.8 Å². The Morgan fingerprint density at radius 1 is 1.56 bits per heavy atom. The van der Waals surface area contributed by atoms with Gasteiger partial charge in [-0.1, -0.05) is 6.92 Å². The Morgan fingerprint density at radius 2 is 2.25 bits per heavy atom. The predicted molar refractivity (Wildman–Crippen MR) is 64.8 cm³/mol. The average molecular weight is 242 g/mol. The Labute approximate surface area is 99.7 Å². The summed E-state index contributed by atoms with van der Waals surface area (Å²) in [6.45, 7) is 6.49. The third-order valence-electron chi connectivity index (χ3n) is 2.34. The van der Waals surface area contributed by atoms with Gasteiger partial charge in [-0.05, 0) is 26.2 Å². The molecule has 1 unspecified atom stereocenters. The maximum absolute atomic E-state index is 11.8. The molecule has 1 heterocycles. The summed E-state index contributed by atoms with van der Waals surface area (Å²) >= 11 is 1.41. The first-order chi connectivity index (χ1) is 7.54. The van der Waals surface area contributed by atoms with Crippen LogP contribution in [0.1, 0.15) is 33.7 Å². The van der Waals surface area contributed by atoms with Crippen LogP contribution in [-0.2, 0) is 0 Å². The van der Waals surface area contributed by atoms with Crippen LogP contribution in [0.25, 0.3) is 0 Å². The summed E-state index contributed by atoms with van der Waals surface area (Å²) in [7, 11) is 0. The van der Waals surface area contributed by atoms with Crippen molar-refractivity contribution in [2.75, 3.05) is 13.2 Å². The van der Waals surface area contributed by atoms with Crippen LogP contribution in [0.5, 0.6) is 0 Å². The third-order valence-corrected chi connectivity index (χ3v) is 3.41. The van der Waals surface area contributed by atoms with E-state index < -0.39 is 0 Å². The van der Waals surface area contributed by atoms with E-state index >= 15 is 0 Å². The van der Waals surface area contributed by atoms with E-state index in [1.165, 1.54) is 11.3 Å².